The van der Waals surface area contributed by atoms with E-state index in [1.54, 1.807) is 11.1 Å². The van der Waals surface area contributed by atoms with E-state index in [0.29, 0.717) is 35.2 Å². The highest BCUT2D eigenvalue weighted by Crippen LogP contribution is 2.52. The maximum Gasteiger partial charge on any atom is 0.230 e. The molecule has 1 unspecified atom stereocenters. The molecule has 2 aromatic carbocycles. The van der Waals surface area contributed by atoms with Gasteiger partial charge in [-0.05, 0) is 62.2 Å². The fourth-order valence-electron chi connectivity index (χ4n) is 3.34. The Bertz CT molecular complexity index is 1100. The first-order valence-corrected chi connectivity index (χ1v) is 11.0. The number of benzene rings is 2. The van der Waals surface area contributed by atoms with E-state index in [-0.39, 0.29) is 5.56 Å². The number of aryl methyl sites for hydroxylation is 1. The number of nitrogens with two attached hydrogens (primary N) is 2. The maximum atomic E-state index is 14.6. The monoisotopic (exact) mass is 446 g/mol. The van der Waals surface area contributed by atoms with Crippen LogP contribution in [-0.2, 0) is 4.87 Å². The van der Waals surface area contributed by atoms with E-state index in [1.807, 2.05) is 25.1 Å². The summed E-state index contributed by atoms with van der Waals surface area (Å²) in [6.07, 6.45) is 1.28. The number of halogens is 2. The van der Waals surface area contributed by atoms with E-state index in [0.717, 1.165) is 28.8 Å². The molecule has 0 saturated heterocycles. The Morgan fingerprint density at radius 1 is 1.13 bits per heavy atom. The Balaban J connectivity index is 1.90. The van der Waals surface area contributed by atoms with Crippen LogP contribution in [0.1, 0.15) is 29.0 Å². The minimum absolute atomic E-state index is 0.102. The summed E-state index contributed by atoms with van der Waals surface area (Å²) in [5, 5.41) is 16.5. The Hall–Kier alpha value is -2.56. The first-order valence-electron chi connectivity index (χ1n) is 9.32. The van der Waals surface area contributed by atoms with Crippen molar-refractivity contribution in [2.24, 2.45) is 10.8 Å². The summed E-state index contributed by atoms with van der Waals surface area (Å²) >= 11 is 2.72. The van der Waals surface area contributed by atoms with Gasteiger partial charge in [-0.2, -0.15) is 5.10 Å². The Labute approximate surface area is 181 Å². The SMILES string of the molecule is Cc1nnc(N2N=C(c3cc(F)ccc3F)SC2(CCCN)c2cccc(N)c2)s1. The normalized spacial score (nSPS) is 18.7. The van der Waals surface area contributed by atoms with Crippen LogP contribution >= 0.6 is 23.1 Å². The molecule has 2 heterocycles. The number of hydrazone groups is 1. The van der Waals surface area contributed by atoms with Gasteiger partial charge in [0.15, 0.2) is 0 Å². The smallest absolute Gasteiger partial charge is 0.230 e. The van der Waals surface area contributed by atoms with E-state index in [2.05, 4.69) is 15.3 Å². The van der Waals surface area contributed by atoms with Crippen molar-refractivity contribution in [1.29, 1.82) is 0 Å². The fourth-order valence-corrected chi connectivity index (χ4v) is 5.52. The zero-order valence-corrected chi connectivity index (χ0v) is 17.8. The number of hydrogen-bond donors (Lipinski definition) is 2. The van der Waals surface area contributed by atoms with Gasteiger partial charge in [-0.3, -0.25) is 0 Å². The van der Waals surface area contributed by atoms with Crippen LogP contribution in [-0.4, -0.2) is 21.8 Å². The number of aromatic nitrogens is 2. The standard InChI is InChI=1S/C20H20F2N6S2/c1-12-25-26-19(29-12)28-20(8-3-9-23,13-4-2-5-15(24)10-13)30-18(27-28)16-11-14(21)6-7-17(16)22/h2,4-7,10-11H,3,8-9,23-24H2,1H3. The van der Waals surface area contributed by atoms with Gasteiger partial charge in [-0.25, -0.2) is 13.8 Å². The highest BCUT2D eigenvalue weighted by molar-refractivity contribution is 8.15. The lowest BCUT2D eigenvalue weighted by molar-refractivity contribution is 0.525. The van der Waals surface area contributed by atoms with E-state index >= 15 is 0 Å². The van der Waals surface area contributed by atoms with Gasteiger partial charge < -0.3 is 11.5 Å². The maximum absolute atomic E-state index is 14.6. The summed E-state index contributed by atoms with van der Waals surface area (Å²) in [6, 6.07) is 10.8. The third kappa shape index (κ3) is 3.78. The first-order chi connectivity index (χ1) is 14.4. The molecule has 1 aliphatic rings. The van der Waals surface area contributed by atoms with Crippen LogP contribution in [0.2, 0.25) is 0 Å². The summed E-state index contributed by atoms with van der Waals surface area (Å²) < 4.78 is 28.5. The molecular formula is C20H20F2N6S2. The number of anilines is 2. The van der Waals surface area contributed by atoms with Crippen molar-refractivity contribution < 1.29 is 8.78 Å². The molecule has 1 atom stereocenters. The van der Waals surface area contributed by atoms with Crippen LogP contribution in [0.4, 0.5) is 19.6 Å². The Morgan fingerprint density at radius 3 is 2.67 bits per heavy atom. The zero-order chi connectivity index (χ0) is 21.3. The van der Waals surface area contributed by atoms with Crippen molar-refractivity contribution >= 4 is 39.0 Å². The minimum atomic E-state index is -0.769. The number of thioether (sulfide) groups is 1. The number of nitrogens with zero attached hydrogens (tertiary/aromatic N) is 4. The van der Waals surface area contributed by atoms with Gasteiger partial charge in [0.1, 0.15) is 26.6 Å². The van der Waals surface area contributed by atoms with Gasteiger partial charge in [0.05, 0.1) is 0 Å². The number of hydrogen-bond acceptors (Lipinski definition) is 8. The van der Waals surface area contributed by atoms with Gasteiger partial charge in [-0.15, -0.1) is 10.2 Å². The molecule has 0 fully saturated rings. The van der Waals surface area contributed by atoms with Crippen molar-refractivity contribution in [1.82, 2.24) is 10.2 Å². The number of nitrogen functional groups attached to an aromatic ring is 1. The van der Waals surface area contributed by atoms with Crippen LogP contribution in [0.15, 0.2) is 47.6 Å². The van der Waals surface area contributed by atoms with Crippen molar-refractivity contribution in [3.05, 3.63) is 70.2 Å². The Morgan fingerprint density at radius 2 is 1.97 bits per heavy atom. The molecule has 0 amide bonds. The second-order valence-electron chi connectivity index (χ2n) is 6.85. The van der Waals surface area contributed by atoms with Crippen molar-refractivity contribution in [2.45, 2.75) is 24.6 Å². The third-order valence-corrected chi connectivity index (χ3v) is 6.97. The minimum Gasteiger partial charge on any atom is -0.399 e. The van der Waals surface area contributed by atoms with Crippen molar-refractivity contribution in [3.63, 3.8) is 0 Å². The van der Waals surface area contributed by atoms with Crippen LogP contribution < -0.4 is 16.5 Å². The molecule has 3 aromatic rings. The van der Waals surface area contributed by atoms with Crippen molar-refractivity contribution in [3.8, 4) is 0 Å². The molecule has 0 radical (unpaired) electrons. The molecule has 4 rings (SSSR count). The molecule has 0 aliphatic carbocycles. The summed E-state index contributed by atoms with van der Waals surface area (Å²) in [5.74, 6) is -1.07. The lowest BCUT2D eigenvalue weighted by atomic mass is 10.00. The van der Waals surface area contributed by atoms with Crippen LogP contribution in [0, 0.1) is 18.6 Å². The molecule has 1 aliphatic heterocycles. The predicted octanol–water partition coefficient (Wildman–Crippen LogP) is 4.21. The molecule has 6 nitrogen and oxygen atoms in total. The van der Waals surface area contributed by atoms with Crippen molar-refractivity contribution in [2.75, 3.05) is 17.3 Å². The highest BCUT2D eigenvalue weighted by Gasteiger charge is 2.47. The molecule has 30 heavy (non-hydrogen) atoms. The molecule has 0 saturated carbocycles. The van der Waals surface area contributed by atoms with Gasteiger partial charge >= 0.3 is 0 Å². The topological polar surface area (TPSA) is 93.4 Å². The average molecular weight is 447 g/mol. The van der Waals surface area contributed by atoms with E-state index in [4.69, 9.17) is 11.5 Å². The quantitative estimate of drug-likeness (QED) is 0.551. The third-order valence-electron chi connectivity index (χ3n) is 4.71. The average Bonchev–Trinajstić information content (AvgIpc) is 3.32. The van der Waals surface area contributed by atoms with Crippen LogP contribution in [0.5, 0.6) is 0 Å². The van der Waals surface area contributed by atoms with Gasteiger partial charge in [0.2, 0.25) is 5.13 Å². The first kappa shape index (κ1) is 20.7. The fraction of sp³-hybridized carbons (Fsp3) is 0.250. The lowest BCUT2D eigenvalue weighted by Gasteiger charge is -2.35. The van der Waals surface area contributed by atoms with Gasteiger partial charge in [0.25, 0.3) is 0 Å². The molecule has 156 valence electrons. The van der Waals surface area contributed by atoms with E-state index in [9.17, 15) is 8.78 Å². The molecule has 4 N–H and O–H groups in total. The number of rotatable bonds is 6. The highest BCUT2D eigenvalue weighted by atomic mass is 32.2. The molecule has 10 heteroatoms. The summed E-state index contributed by atoms with van der Waals surface area (Å²) in [6.45, 7) is 2.32. The molecular weight excluding hydrogens is 426 g/mol. The molecule has 1 aromatic heterocycles. The van der Waals surface area contributed by atoms with Crippen LogP contribution in [0.25, 0.3) is 0 Å². The summed E-state index contributed by atoms with van der Waals surface area (Å²) in [7, 11) is 0. The second-order valence-corrected chi connectivity index (χ2v) is 9.28. The molecule has 0 spiro atoms. The largest absolute Gasteiger partial charge is 0.399 e. The van der Waals surface area contributed by atoms with Gasteiger partial charge in [0, 0.05) is 11.3 Å². The lowest BCUT2D eigenvalue weighted by Crippen LogP contribution is -2.38. The second kappa shape index (κ2) is 8.29. The predicted molar refractivity (Wildman–Crippen MR) is 118 cm³/mol. The van der Waals surface area contributed by atoms with E-state index in [1.165, 1.54) is 23.1 Å². The summed E-state index contributed by atoms with van der Waals surface area (Å²) in [5.41, 5.74) is 13.5. The zero-order valence-electron chi connectivity index (χ0n) is 16.2. The molecule has 0 bridgehead atoms. The Kier molecular flexibility index (Phi) is 5.72. The van der Waals surface area contributed by atoms with Crippen LogP contribution in [0.3, 0.4) is 0 Å². The van der Waals surface area contributed by atoms with Gasteiger partial charge in [-0.1, -0.05) is 35.2 Å². The van der Waals surface area contributed by atoms with E-state index < -0.39 is 16.5 Å². The summed E-state index contributed by atoms with van der Waals surface area (Å²) in [4.78, 5) is -0.769.